The lowest BCUT2D eigenvalue weighted by Crippen LogP contribution is -2.26. The van der Waals surface area contributed by atoms with Crippen LogP contribution < -0.4 is 10.1 Å². The van der Waals surface area contributed by atoms with Crippen LogP contribution in [0.3, 0.4) is 0 Å². The standard InChI is InChI=1S/C21H21N5O3/c1-28-17-9-7-15(8-10-17)21-24-20(29-25-21)13-19(27)22-11-4-6-18-23-14-16-5-2-3-12-26(16)18/h2-3,5,7-10,12,14H,4,6,11,13H2,1H3,(H,22,27). The van der Waals surface area contributed by atoms with Gasteiger partial charge in [-0.15, -0.1) is 0 Å². The zero-order valence-electron chi connectivity index (χ0n) is 16.0. The summed E-state index contributed by atoms with van der Waals surface area (Å²) in [7, 11) is 1.61. The van der Waals surface area contributed by atoms with Gasteiger partial charge in [0, 0.05) is 24.7 Å². The Morgan fingerprint density at radius 2 is 2.07 bits per heavy atom. The second-order valence-corrected chi connectivity index (χ2v) is 6.54. The lowest BCUT2D eigenvalue weighted by Gasteiger charge is -2.03. The van der Waals surface area contributed by atoms with Crippen LogP contribution in [0.25, 0.3) is 16.9 Å². The third kappa shape index (κ3) is 4.43. The Bertz CT molecular complexity index is 1100. The van der Waals surface area contributed by atoms with Crippen LogP contribution in [-0.2, 0) is 17.6 Å². The van der Waals surface area contributed by atoms with E-state index in [4.69, 9.17) is 9.26 Å². The summed E-state index contributed by atoms with van der Waals surface area (Å²) >= 11 is 0. The van der Waals surface area contributed by atoms with E-state index in [0.717, 1.165) is 35.5 Å². The average molecular weight is 391 g/mol. The number of aromatic nitrogens is 4. The van der Waals surface area contributed by atoms with Gasteiger partial charge in [-0.25, -0.2) is 4.98 Å². The first kappa shape index (κ1) is 18.7. The Labute approximate surface area is 167 Å². The predicted octanol–water partition coefficient (Wildman–Crippen LogP) is 2.68. The number of nitrogens with zero attached hydrogens (tertiary/aromatic N) is 4. The van der Waals surface area contributed by atoms with Crippen molar-refractivity contribution in [2.45, 2.75) is 19.3 Å². The van der Waals surface area contributed by atoms with Crippen molar-refractivity contribution in [2.24, 2.45) is 0 Å². The van der Waals surface area contributed by atoms with Crippen LogP contribution in [0, 0.1) is 0 Å². The molecule has 1 amide bonds. The van der Waals surface area contributed by atoms with Crippen molar-refractivity contribution < 1.29 is 14.1 Å². The Hall–Kier alpha value is -3.68. The number of imidazole rings is 1. The minimum Gasteiger partial charge on any atom is -0.497 e. The number of amides is 1. The molecule has 0 unspecified atom stereocenters. The molecule has 8 nitrogen and oxygen atoms in total. The molecule has 148 valence electrons. The fourth-order valence-corrected chi connectivity index (χ4v) is 3.04. The molecule has 0 atom stereocenters. The molecular weight excluding hydrogens is 370 g/mol. The maximum Gasteiger partial charge on any atom is 0.236 e. The van der Waals surface area contributed by atoms with Crippen LogP contribution >= 0.6 is 0 Å². The maximum atomic E-state index is 12.1. The largest absolute Gasteiger partial charge is 0.497 e. The second-order valence-electron chi connectivity index (χ2n) is 6.54. The molecule has 0 saturated carbocycles. The van der Waals surface area contributed by atoms with Crippen molar-refractivity contribution in [3.05, 3.63) is 66.6 Å². The third-order valence-corrected chi connectivity index (χ3v) is 4.54. The molecule has 3 heterocycles. The van der Waals surface area contributed by atoms with Crippen LogP contribution in [0.2, 0.25) is 0 Å². The number of carbonyl (C=O) groups excluding carboxylic acids is 1. The topological polar surface area (TPSA) is 94.5 Å². The van der Waals surface area contributed by atoms with E-state index in [9.17, 15) is 4.79 Å². The van der Waals surface area contributed by atoms with Crippen LogP contribution in [-0.4, -0.2) is 39.1 Å². The van der Waals surface area contributed by atoms with E-state index in [1.54, 1.807) is 7.11 Å². The molecule has 0 saturated heterocycles. The Morgan fingerprint density at radius 3 is 2.90 bits per heavy atom. The summed E-state index contributed by atoms with van der Waals surface area (Å²) in [4.78, 5) is 20.9. The number of ether oxygens (including phenoxy) is 1. The number of hydrogen-bond donors (Lipinski definition) is 1. The summed E-state index contributed by atoms with van der Waals surface area (Å²) in [5.41, 5.74) is 1.86. The van der Waals surface area contributed by atoms with Gasteiger partial charge in [-0.05, 0) is 42.8 Å². The van der Waals surface area contributed by atoms with Gasteiger partial charge in [-0.1, -0.05) is 11.2 Å². The average Bonchev–Trinajstić information content (AvgIpc) is 3.38. The van der Waals surface area contributed by atoms with Gasteiger partial charge in [0.1, 0.15) is 18.0 Å². The summed E-state index contributed by atoms with van der Waals surface area (Å²) < 4.78 is 12.4. The van der Waals surface area contributed by atoms with Gasteiger partial charge in [0.25, 0.3) is 0 Å². The number of aryl methyl sites for hydroxylation is 1. The van der Waals surface area contributed by atoms with Gasteiger partial charge in [0.05, 0.1) is 18.8 Å². The van der Waals surface area contributed by atoms with Crippen LogP contribution in [0.1, 0.15) is 18.1 Å². The highest BCUT2D eigenvalue weighted by Gasteiger charge is 2.12. The molecule has 0 aliphatic heterocycles. The van der Waals surface area contributed by atoms with E-state index >= 15 is 0 Å². The fourth-order valence-electron chi connectivity index (χ4n) is 3.04. The summed E-state index contributed by atoms with van der Waals surface area (Å²) in [6.07, 6.45) is 5.47. The summed E-state index contributed by atoms with van der Waals surface area (Å²) in [5, 5.41) is 6.82. The smallest absolute Gasteiger partial charge is 0.236 e. The van der Waals surface area contributed by atoms with Crippen molar-refractivity contribution >= 4 is 11.4 Å². The molecular formula is C21H21N5O3. The van der Waals surface area contributed by atoms with Gasteiger partial charge in [-0.2, -0.15) is 4.98 Å². The minimum atomic E-state index is -0.150. The van der Waals surface area contributed by atoms with Crippen molar-refractivity contribution in [3.63, 3.8) is 0 Å². The van der Waals surface area contributed by atoms with E-state index in [1.165, 1.54) is 0 Å². The van der Waals surface area contributed by atoms with Crippen molar-refractivity contribution in [3.8, 4) is 17.1 Å². The number of nitrogens with one attached hydrogen (secondary N) is 1. The Balaban J connectivity index is 1.25. The molecule has 0 fully saturated rings. The highest BCUT2D eigenvalue weighted by Crippen LogP contribution is 2.19. The fraction of sp³-hybridized carbons (Fsp3) is 0.238. The summed E-state index contributed by atoms with van der Waals surface area (Å²) in [5.74, 6) is 2.31. The predicted molar refractivity (Wildman–Crippen MR) is 107 cm³/mol. The normalized spacial score (nSPS) is 10.9. The van der Waals surface area contributed by atoms with Gasteiger partial charge >= 0.3 is 0 Å². The highest BCUT2D eigenvalue weighted by atomic mass is 16.5. The first-order valence-electron chi connectivity index (χ1n) is 9.37. The van der Waals surface area contributed by atoms with E-state index in [-0.39, 0.29) is 18.2 Å². The molecule has 0 radical (unpaired) electrons. The van der Waals surface area contributed by atoms with Crippen molar-refractivity contribution in [1.29, 1.82) is 0 Å². The molecule has 29 heavy (non-hydrogen) atoms. The van der Waals surface area contributed by atoms with Crippen molar-refractivity contribution in [1.82, 2.24) is 24.8 Å². The van der Waals surface area contributed by atoms with Gasteiger partial charge in [0.15, 0.2) is 0 Å². The molecule has 0 bridgehead atoms. The Morgan fingerprint density at radius 1 is 1.21 bits per heavy atom. The number of fused-ring (bicyclic) bond motifs is 1. The molecule has 8 heteroatoms. The van der Waals surface area contributed by atoms with Crippen LogP contribution in [0.15, 0.2) is 59.4 Å². The molecule has 1 aromatic carbocycles. The first-order valence-corrected chi connectivity index (χ1v) is 9.37. The maximum absolute atomic E-state index is 12.1. The molecule has 4 aromatic rings. The number of hydrogen-bond acceptors (Lipinski definition) is 6. The quantitative estimate of drug-likeness (QED) is 0.464. The van der Waals surface area contributed by atoms with Gasteiger partial charge < -0.3 is 19.0 Å². The molecule has 4 rings (SSSR count). The molecule has 0 aliphatic rings. The third-order valence-electron chi connectivity index (χ3n) is 4.54. The SMILES string of the molecule is COc1ccc(-c2noc(CC(=O)NCCCc3ncc4ccccn34)n2)cc1. The summed E-state index contributed by atoms with van der Waals surface area (Å²) in [6.45, 7) is 0.556. The lowest BCUT2D eigenvalue weighted by molar-refractivity contribution is -0.120. The van der Waals surface area contributed by atoms with Crippen molar-refractivity contribution in [2.75, 3.05) is 13.7 Å². The monoisotopic (exact) mass is 391 g/mol. The van der Waals surface area contributed by atoms with E-state index in [1.807, 2.05) is 54.9 Å². The van der Waals surface area contributed by atoms with E-state index in [0.29, 0.717) is 12.4 Å². The molecule has 1 N–H and O–H groups in total. The number of pyridine rings is 1. The van der Waals surface area contributed by atoms with Gasteiger partial charge in [0.2, 0.25) is 17.6 Å². The number of rotatable bonds is 8. The lowest BCUT2D eigenvalue weighted by atomic mass is 10.2. The molecule has 0 aliphatic carbocycles. The summed E-state index contributed by atoms with van der Waals surface area (Å²) in [6, 6.07) is 13.3. The zero-order chi connectivity index (χ0) is 20.1. The van der Waals surface area contributed by atoms with Crippen LogP contribution in [0.5, 0.6) is 5.75 Å². The van der Waals surface area contributed by atoms with E-state index < -0.39 is 0 Å². The number of benzene rings is 1. The second kappa shape index (κ2) is 8.55. The van der Waals surface area contributed by atoms with E-state index in [2.05, 4.69) is 24.8 Å². The molecule has 0 spiro atoms. The minimum absolute atomic E-state index is 0.0511. The molecule has 3 aromatic heterocycles. The number of methoxy groups -OCH3 is 1. The van der Waals surface area contributed by atoms with Crippen LogP contribution in [0.4, 0.5) is 0 Å². The Kier molecular flexibility index (Phi) is 5.51. The van der Waals surface area contributed by atoms with Gasteiger partial charge in [-0.3, -0.25) is 4.79 Å². The first-order chi connectivity index (χ1) is 14.2. The number of carbonyl (C=O) groups is 1. The highest BCUT2D eigenvalue weighted by molar-refractivity contribution is 5.77. The zero-order valence-corrected chi connectivity index (χ0v) is 16.0.